The standard InChI is InChI=1S/C10H16O2/c1-9(2)7-5-4-6-8-10(11)12-3/h4-6,8-9H,7H2,1-3H3. The molecule has 2 nitrogen and oxygen atoms in total. The van der Waals surface area contributed by atoms with E-state index in [2.05, 4.69) is 18.6 Å². The van der Waals surface area contributed by atoms with Gasteiger partial charge in [-0.3, -0.25) is 0 Å². The Bertz CT molecular complexity index is 178. The Labute approximate surface area is 73.9 Å². The summed E-state index contributed by atoms with van der Waals surface area (Å²) in [5, 5.41) is 0. The minimum absolute atomic E-state index is 0.316. The maximum absolute atomic E-state index is 10.6. The van der Waals surface area contributed by atoms with Crippen molar-refractivity contribution < 1.29 is 9.53 Å². The lowest BCUT2D eigenvalue weighted by atomic mass is 10.1. The largest absolute Gasteiger partial charge is 0.466 e. The van der Waals surface area contributed by atoms with E-state index in [9.17, 15) is 4.79 Å². The van der Waals surface area contributed by atoms with E-state index in [1.807, 2.05) is 12.2 Å². The monoisotopic (exact) mass is 168 g/mol. The summed E-state index contributed by atoms with van der Waals surface area (Å²) in [6, 6.07) is 0. The van der Waals surface area contributed by atoms with Crippen LogP contribution in [0.15, 0.2) is 24.3 Å². The molecule has 2 heteroatoms. The summed E-state index contributed by atoms with van der Waals surface area (Å²) in [5.41, 5.74) is 0. The van der Waals surface area contributed by atoms with Gasteiger partial charge >= 0.3 is 5.97 Å². The number of carbonyl (C=O) groups is 1. The Hall–Kier alpha value is -1.05. The van der Waals surface area contributed by atoms with E-state index in [1.54, 1.807) is 6.08 Å². The SMILES string of the molecule is COC(=O)C=CC=CCC(C)C. The molecule has 0 spiro atoms. The fraction of sp³-hybridized carbons (Fsp3) is 0.500. The molecule has 68 valence electrons. The summed E-state index contributed by atoms with van der Waals surface area (Å²) in [7, 11) is 1.37. The van der Waals surface area contributed by atoms with Crippen LogP contribution in [0.1, 0.15) is 20.3 Å². The number of hydrogen-bond acceptors (Lipinski definition) is 2. The molecular weight excluding hydrogens is 152 g/mol. The molecule has 0 saturated carbocycles. The van der Waals surface area contributed by atoms with Gasteiger partial charge in [0.15, 0.2) is 0 Å². The molecule has 0 fully saturated rings. The first-order valence-corrected chi connectivity index (χ1v) is 4.08. The van der Waals surface area contributed by atoms with Crippen molar-refractivity contribution in [2.45, 2.75) is 20.3 Å². The number of rotatable bonds is 4. The smallest absolute Gasteiger partial charge is 0.330 e. The quantitative estimate of drug-likeness (QED) is 0.366. The van der Waals surface area contributed by atoms with Gasteiger partial charge in [0.05, 0.1) is 7.11 Å². The summed E-state index contributed by atoms with van der Waals surface area (Å²) in [6.45, 7) is 4.29. The van der Waals surface area contributed by atoms with E-state index in [1.165, 1.54) is 13.2 Å². The predicted molar refractivity (Wildman–Crippen MR) is 49.8 cm³/mol. The first kappa shape index (κ1) is 11.0. The third kappa shape index (κ3) is 7.06. The molecule has 0 heterocycles. The molecule has 12 heavy (non-hydrogen) atoms. The van der Waals surface area contributed by atoms with Crippen LogP contribution in [0.5, 0.6) is 0 Å². The Kier molecular flexibility index (Phi) is 6.07. The van der Waals surface area contributed by atoms with Crippen LogP contribution in [0.2, 0.25) is 0 Å². The zero-order chi connectivity index (χ0) is 9.40. The third-order valence-corrected chi connectivity index (χ3v) is 1.29. The fourth-order valence-electron chi connectivity index (χ4n) is 0.631. The zero-order valence-corrected chi connectivity index (χ0v) is 7.91. The highest BCUT2D eigenvalue weighted by atomic mass is 16.5. The van der Waals surface area contributed by atoms with Crippen molar-refractivity contribution >= 4 is 5.97 Å². The van der Waals surface area contributed by atoms with Crippen LogP contribution in [0.25, 0.3) is 0 Å². The molecule has 0 aromatic heterocycles. The maximum Gasteiger partial charge on any atom is 0.330 e. The van der Waals surface area contributed by atoms with E-state index in [0.29, 0.717) is 5.92 Å². The van der Waals surface area contributed by atoms with Crippen molar-refractivity contribution in [2.24, 2.45) is 5.92 Å². The van der Waals surface area contributed by atoms with Crippen LogP contribution in [-0.4, -0.2) is 13.1 Å². The first-order chi connectivity index (χ1) is 5.66. The van der Waals surface area contributed by atoms with Crippen molar-refractivity contribution in [2.75, 3.05) is 7.11 Å². The van der Waals surface area contributed by atoms with Gasteiger partial charge in [-0.2, -0.15) is 0 Å². The molecule has 0 aliphatic carbocycles. The molecule has 0 aliphatic heterocycles. The minimum Gasteiger partial charge on any atom is -0.466 e. The molecule has 0 aromatic carbocycles. The van der Waals surface area contributed by atoms with Crippen LogP contribution < -0.4 is 0 Å². The van der Waals surface area contributed by atoms with Crippen molar-refractivity contribution in [3.8, 4) is 0 Å². The van der Waals surface area contributed by atoms with Gasteiger partial charge < -0.3 is 4.74 Å². The highest BCUT2D eigenvalue weighted by Gasteiger charge is 1.87. The third-order valence-electron chi connectivity index (χ3n) is 1.29. The summed E-state index contributed by atoms with van der Waals surface area (Å²) < 4.78 is 4.42. The van der Waals surface area contributed by atoms with Crippen molar-refractivity contribution in [1.29, 1.82) is 0 Å². The Morgan fingerprint density at radius 1 is 1.42 bits per heavy atom. The normalized spacial score (nSPS) is 11.7. The molecule has 0 N–H and O–H groups in total. The lowest BCUT2D eigenvalue weighted by Crippen LogP contribution is -1.92. The molecule has 0 aromatic rings. The van der Waals surface area contributed by atoms with Gasteiger partial charge in [0.25, 0.3) is 0 Å². The number of methoxy groups -OCH3 is 1. The molecule has 0 aliphatic rings. The fourth-order valence-corrected chi connectivity index (χ4v) is 0.631. The Morgan fingerprint density at radius 2 is 2.08 bits per heavy atom. The molecule has 0 radical (unpaired) electrons. The number of esters is 1. The number of hydrogen-bond donors (Lipinski definition) is 0. The second-order valence-electron chi connectivity index (χ2n) is 2.94. The van der Waals surface area contributed by atoms with Crippen molar-refractivity contribution in [3.63, 3.8) is 0 Å². The number of ether oxygens (including phenoxy) is 1. The second kappa shape index (κ2) is 6.65. The molecule has 0 saturated heterocycles. The minimum atomic E-state index is -0.316. The van der Waals surface area contributed by atoms with Gasteiger partial charge in [-0.1, -0.05) is 32.1 Å². The average Bonchev–Trinajstić information content (AvgIpc) is 2.03. The first-order valence-electron chi connectivity index (χ1n) is 4.08. The van der Waals surface area contributed by atoms with E-state index < -0.39 is 0 Å². The van der Waals surface area contributed by atoms with Gasteiger partial charge in [0, 0.05) is 6.08 Å². The number of carbonyl (C=O) groups excluding carboxylic acids is 1. The van der Waals surface area contributed by atoms with Crippen molar-refractivity contribution in [3.05, 3.63) is 24.3 Å². The molecule has 0 unspecified atom stereocenters. The van der Waals surface area contributed by atoms with Gasteiger partial charge in [0.1, 0.15) is 0 Å². The van der Waals surface area contributed by atoms with Crippen molar-refractivity contribution in [1.82, 2.24) is 0 Å². The Balaban J connectivity index is 3.59. The van der Waals surface area contributed by atoms with Gasteiger partial charge in [-0.05, 0) is 12.3 Å². The van der Waals surface area contributed by atoms with E-state index in [0.717, 1.165) is 6.42 Å². The number of allylic oxidation sites excluding steroid dienone is 3. The second-order valence-corrected chi connectivity index (χ2v) is 2.94. The van der Waals surface area contributed by atoms with Crippen LogP contribution in [0.3, 0.4) is 0 Å². The van der Waals surface area contributed by atoms with Crippen LogP contribution in [-0.2, 0) is 9.53 Å². The molecule has 0 atom stereocenters. The molecular formula is C10H16O2. The van der Waals surface area contributed by atoms with Crippen LogP contribution in [0.4, 0.5) is 0 Å². The summed E-state index contributed by atoms with van der Waals surface area (Å²) >= 11 is 0. The summed E-state index contributed by atoms with van der Waals surface area (Å²) in [4.78, 5) is 10.6. The average molecular weight is 168 g/mol. The lowest BCUT2D eigenvalue weighted by Gasteiger charge is -1.94. The van der Waals surface area contributed by atoms with Gasteiger partial charge in [0.2, 0.25) is 0 Å². The molecule has 0 bridgehead atoms. The molecule has 0 rings (SSSR count). The molecule has 0 amide bonds. The van der Waals surface area contributed by atoms with E-state index in [4.69, 9.17) is 0 Å². The van der Waals surface area contributed by atoms with Crippen LogP contribution >= 0.6 is 0 Å². The summed E-state index contributed by atoms with van der Waals surface area (Å²) in [6.07, 6.45) is 8.01. The van der Waals surface area contributed by atoms with Crippen LogP contribution in [0, 0.1) is 5.92 Å². The predicted octanol–water partition coefficient (Wildman–Crippen LogP) is 2.32. The Morgan fingerprint density at radius 3 is 2.58 bits per heavy atom. The highest BCUT2D eigenvalue weighted by molar-refractivity contribution is 5.82. The van der Waals surface area contributed by atoms with E-state index in [-0.39, 0.29) is 5.97 Å². The topological polar surface area (TPSA) is 26.3 Å². The van der Waals surface area contributed by atoms with Gasteiger partial charge in [-0.15, -0.1) is 0 Å². The lowest BCUT2D eigenvalue weighted by molar-refractivity contribution is -0.134. The summed E-state index contributed by atoms with van der Waals surface area (Å²) in [5.74, 6) is 0.344. The zero-order valence-electron chi connectivity index (χ0n) is 7.91. The maximum atomic E-state index is 10.6. The van der Waals surface area contributed by atoms with E-state index >= 15 is 0 Å². The highest BCUT2D eigenvalue weighted by Crippen LogP contribution is 1.99. The van der Waals surface area contributed by atoms with Gasteiger partial charge in [-0.25, -0.2) is 4.79 Å².